The Balaban J connectivity index is 2.46. The molecule has 3 nitrogen and oxygen atoms in total. The minimum Gasteiger partial charge on any atom is -0.421 e. The Labute approximate surface area is 74.2 Å². The molecule has 0 unspecified atom stereocenters. The molecule has 2 aromatic rings. The second-order valence-electron chi connectivity index (χ2n) is 2.55. The molecule has 0 saturated carbocycles. The summed E-state index contributed by atoms with van der Waals surface area (Å²) in [6.45, 7) is 1.68. The number of nitrogens with zero attached hydrogens (tertiary/aromatic N) is 2. The third kappa shape index (κ3) is 1.56. The number of rotatable bonds is 1. The Morgan fingerprint density at radius 1 is 1.46 bits per heavy atom. The third-order valence-electron chi connectivity index (χ3n) is 1.54. The summed E-state index contributed by atoms with van der Waals surface area (Å²) in [4.78, 5) is 0. The fraction of sp³-hybridized carbons (Fsp3) is 0.111. The van der Waals surface area contributed by atoms with E-state index < -0.39 is 5.82 Å². The second kappa shape index (κ2) is 2.97. The predicted molar refractivity (Wildman–Crippen MR) is 43.3 cm³/mol. The van der Waals surface area contributed by atoms with Gasteiger partial charge in [-0.3, -0.25) is 0 Å². The summed E-state index contributed by atoms with van der Waals surface area (Å²) in [5.41, 5.74) is 0.567. The first-order valence-electron chi connectivity index (χ1n) is 3.73. The van der Waals surface area contributed by atoms with Gasteiger partial charge in [0.05, 0.1) is 0 Å². The summed E-state index contributed by atoms with van der Waals surface area (Å²) in [6, 6.07) is 6.83. The molecule has 65 valence electrons. The average molecular weight is 177 g/mol. The van der Waals surface area contributed by atoms with Crippen molar-refractivity contribution in [3.8, 4) is 11.5 Å². The van der Waals surface area contributed by atoms with Gasteiger partial charge in [0.25, 0.3) is 0 Å². The zero-order chi connectivity index (χ0) is 9.26. The molecular weight excluding hydrogens is 171 g/mol. The van der Waals surface area contributed by atoms with E-state index in [-0.39, 0.29) is 0 Å². The van der Waals surface area contributed by atoms with E-state index in [0.717, 1.165) is 0 Å². The number of hydrogen-bond donors (Lipinski definition) is 0. The van der Waals surface area contributed by atoms with Gasteiger partial charge >= 0.3 is 0 Å². The number of aromatic nitrogens is 2. The van der Waals surface area contributed by atoms with E-state index in [9.17, 15) is 4.39 Å². The summed E-state index contributed by atoms with van der Waals surface area (Å²) < 4.78 is 17.8. The van der Waals surface area contributed by atoms with Crippen LogP contribution in [-0.4, -0.2) is 10.2 Å². The highest BCUT2D eigenvalue weighted by Crippen LogP contribution is 2.17. The molecule has 1 aromatic carbocycles. The van der Waals surface area contributed by atoms with Gasteiger partial charge in [-0.2, -0.15) is 0 Å². The van der Waals surface area contributed by atoms with Gasteiger partial charge in [-0.05, 0) is 12.1 Å². The Morgan fingerprint density at radius 3 is 2.92 bits per heavy atom. The van der Waals surface area contributed by atoms with E-state index in [1.165, 1.54) is 12.1 Å². The molecule has 0 N–H and O–H groups in total. The molecule has 0 bridgehead atoms. The highest BCUT2D eigenvalue weighted by atomic mass is 19.1. The van der Waals surface area contributed by atoms with Gasteiger partial charge in [-0.1, -0.05) is 6.07 Å². The molecule has 4 heteroatoms. The van der Waals surface area contributed by atoms with Crippen molar-refractivity contribution in [1.82, 2.24) is 10.2 Å². The zero-order valence-electron chi connectivity index (χ0n) is 6.91. The van der Waals surface area contributed by atoms with Crippen molar-refractivity contribution in [3.05, 3.63) is 36.0 Å². The van der Waals surface area contributed by atoms with Crippen LogP contribution >= 0.6 is 0 Å². The molecule has 2 rings (SSSR count). The highest BCUT2D eigenvalue weighted by molar-refractivity contribution is 5.51. The van der Waals surface area contributed by atoms with Crippen LogP contribution in [0.15, 0.2) is 22.6 Å². The van der Waals surface area contributed by atoms with Gasteiger partial charge in [0.15, 0.2) is 0 Å². The quantitative estimate of drug-likeness (QED) is 0.668. The summed E-state index contributed by atoms with van der Waals surface area (Å²) >= 11 is 0. The second-order valence-corrected chi connectivity index (χ2v) is 2.55. The molecule has 0 fully saturated rings. The first kappa shape index (κ1) is 7.91. The Hall–Kier alpha value is -1.71. The minimum absolute atomic E-state index is 0.324. The molecule has 0 amide bonds. The summed E-state index contributed by atoms with van der Waals surface area (Å²) in [5, 5.41) is 7.40. The van der Waals surface area contributed by atoms with Crippen LogP contribution in [0.2, 0.25) is 0 Å². The van der Waals surface area contributed by atoms with Gasteiger partial charge in [-0.25, -0.2) is 4.39 Å². The first-order valence-corrected chi connectivity index (χ1v) is 3.73. The van der Waals surface area contributed by atoms with Crippen molar-refractivity contribution in [1.29, 1.82) is 0 Å². The van der Waals surface area contributed by atoms with Crippen LogP contribution in [0.25, 0.3) is 11.5 Å². The molecule has 1 aromatic heterocycles. The fourth-order valence-electron chi connectivity index (χ4n) is 0.984. The van der Waals surface area contributed by atoms with Crippen molar-refractivity contribution in [3.63, 3.8) is 0 Å². The van der Waals surface area contributed by atoms with Gasteiger partial charge in [0.2, 0.25) is 11.8 Å². The Morgan fingerprint density at radius 2 is 2.31 bits per heavy atom. The lowest BCUT2D eigenvalue weighted by atomic mass is 10.2. The van der Waals surface area contributed by atoms with Crippen LogP contribution in [0.3, 0.4) is 0 Å². The molecule has 0 aliphatic heterocycles. The molecule has 13 heavy (non-hydrogen) atoms. The smallest absolute Gasteiger partial charge is 0.247 e. The van der Waals surface area contributed by atoms with Crippen molar-refractivity contribution in [2.75, 3.05) is 0 Å². The summed E-state index contributed by atoms with van der Waals surface area (Å²) in [7, 11) is 0. The molecule has 1 heterocycles. The maximum absolute atomic E-state index is 12.7. The van der Waals surface area contributed by atoms with E-state index in [2.05, 4.69) is 16.3 Å². The molecule has 0 spiro atoms. The summed E-state index contributed by atoms with van der Waals surface area (Å²) in [6.07, 6.45) is 0. The van der Waals surface area contributed by atoms with Crippen LogP contribution in [0.4, 0.5) is 4.39 Å². The first-order chi connectivity index (χ1) is 6.25. The summed E-state index contributed by atoms with van der Waals surface area (Å²) in [5.74, 6) is 0.349. The lowest BCUT2D eigenvalue weighted by molar-refractivity contribution is 0.532. The molecule has 0 aliphatic rings. The topological polar surface area (TPSA) is 38.9 Å². The molecule has 0 aliphatic carbocycles. The van der Waals surface area contributed by atoms with Crippen LogP contribution in [0, 0.1) is 18.8 Å². The van der Waals surface area contributed by atoms with Crippen molar-refractivity contribution < 1.29 is 8.81 Å². The van der Waals surface area contributed by atoms with E-state index in [4.69, 9.17) is 4.42 Å². The van der Waals surface area contributed by atoms with Gasteiger partial charge in [0.1, 0.15) is 5.82 Å². The largest absolute Gasteiger partial charge is 0.421 e. The number of halogens is 1. The third-order valence-corrected chi connectivity index (χ3v) is 1.54. The maximum atomic E-state index is 12.7. The van der Waals surface area contributed by atoms with Gasteiger partial charge in [-0.15, -0.1) is 10.2 Å². The Bertz CT molecular complexity index is 425. The van der Waals surface area contributed by atoms with E-state index in [1.54, 1.807) is 13.0 Å². The highest BCUT2D eigenvalue weighted by Gasteiger charge is 2.05. The van der Waals surface area contributed by atoms with E-state index >= 15 is 0 Å². The number of aryl methyl sites for hydroxylation is 1. The predicted octanol–water partition coefficient (Wildman–Crippen LogP) is 1.98. The minimum atomic E-state index is -0.437. The Kier molecular flexibility index (Phi) is 1.81. The normalized spacial score (nSPS) is 10.3. The van der Waals surface area contributed by atoms with E-state index in [0.29, 0.717) is 17.3 Å². The monoisotopic (exact) mass is 177 g/mol. The maximum Gasteiger partial charge on any atom is 0.247 e. The molecule has 0 atom stereocenters. The van der Waals surface area contributed by atoms with Crippen LogP contribution in [-0.2, 0) is 0 Å². The van der Waals surface area contributed by atoms with Crippen LogP contribution in [0.5, 0.6) is 0 Å². The lowest BCUT2D eigenvalue weighted by Gasteiger charge is -1.92. The number of hydrogen-bond acceptors (Lipinski definition) is 3. The standard InChI is InChI=1S/C9H6FN2O/c1-6-11-12-9(13-6)7-3-2-4-8(10)5-7/h2-3,5H,1H3. The SMILES string of the molecule is Cc1nnc(-c2cc[c]c(F)c2)o1. The van der Waals surface area contributed by atoms with Crippen molar-refractivity contribution in [2.24, 2.45) is 0 Å². The molecule has 1 radical (unpaired) electrons. The van der Waals surface area contributed by atoms with Gasteiger partial charge < -0.3 is 4.42 Å². The van der Waals surface area contributed by atoms with Gasteiger partial charge in [0, 0.05) is 18.6 Å². The van der Waals surface area contributed by atoms with E-state index in [1.807, 2.05) is 0 Å². The van der Waals surface area contributed by atoms with Crippen molar-refractivity contribution >= 4 is 0 Å². The van der Waals surface area contributed by atoms with Crippen LogP contribution in [0.1, 0.15) is 5.89 Å². The average Bonchev–Trinajstić information content (AvgIpc) is 2.52. The lowest BCUT2D eigenvalue weighted by Crippen LogP contribution is -1.79. The van der Waals surface area contributed by atoms with Crippen molar-refractivity contribution in [2.45, 2.75) is 6.92 Å². The number of benzene rings is 1. The van der Waals surface area contributed by atoms with Crippen LogP contribution < -0.4 is 0 Å². The molecular formula is C9H6FN2O. The zero-order valence-corrected chi connectivity index (χ0v) is 6.91. The fourth-order valence-corrected chi connectivity index (χ4v) is 0.984. The molecule has 0 saturated heterocycles.